The predicted molar refractivity (Wildman–Crippen MR) is 80.6 cm³/mol. The van der Waals surface area contributed by atoms with Gasteiger partial charge in [0.05, 0.1) is 32.3 Å². The van der Waals surface area contributed by atoms with Gasteiger partial charge in [-0.15, -0.1) is 0 Å². The first kappa shape index (κ1) is 15.4. The van der Waals surface area contributed by atoms with Gasteiger partial charge in [0, 0.05) is 11.8 Å². The Labute approximate surface area is 132 Å². The minimum absolute atomic E-state index is 0.388. The number of carbonyl (C=O) groups excluding carboxylic acids is 1. The van der Waals surface area contributed by atoms with Gasteiger partial charge < -0.3 is 24.6 Å². The minimum Gasteiger partial charge on any atom is -0.493 e. The van der Waals surface area contributed by atoms with Crippen LogP contribution in [-0.2, 0) is 14.3 Å². The van der Waals surface area contributed by atoms with Crippen LogP contribution in [0.15, 0.2) is 30.4 Å². The van der Waals surface area contributed by atoms with E-state index in [4.69, 9.17) is 14.2 Å². The van der Waals surface area contributed by atoms with Crippen molar-refractivity contribution in [1.29, 1.82) is 0 Å². The highest BCUT2D eigenvalue weighted by molar-refractivity contribution is 5.96. The normalized spacial score (nSPS) is 27.7. The molecule has 23 heavy (non-hydrogen) atoms. The fourth-order valence-electron chi connectivity index (χ4n) is 3.05. The summed E-state index contributed by atoms with van der Waals surface area (Å²) in [6, 6.07) is 4.95. The van der Waals surface area contributed by atoms with E-state index in [0.29, 0.717) is 17.2 Å². The summed E-state index contributed by atoms with van der Waals surface area (Å²) in [5.41, 5.74) is 0.503. The zero-order valence-electron chi connectivity index (χ0n) is 12.7. The number of methoxy groups -OCH3 is 2. The molecule has 0 unspecified atom stereocenters. The molecular weight excluding hydrogens is 302 g/mol. The van der Waals surface area contributed by atoms with Crippen LogP contribution in [0.4, 0.5) is 5.69 Å². The van der Waals surface area contributed by atoms with E-state index in [1.165, 1.54) is 14.2 Å². The molecule has 7 nitrogen and oxygen atoms in total. The lowest BCUT2D eigenvalue weighted by Gasteiger charge is -2.21. The molecule has 0 aromatic heterocycles. The van der Waals surface area contributed by atoms with Crippen molar-refractivity contribution >= 4 is 17.6 Å². The Hall–Kier alpha value is -2.54. The zero-order valence-corrected chi connectivity index (χ0v) is 12.7. The van der Waals surface area contributed by atoms with E-state index in [-0.39, 0.29) is 5.91 Å². The second-order valence-corrected chi connectivity index (χ2v) is 5.40. The second kappa shape index (κ2) is 5.92. The van der Waals surface area contributed by atoms with E-state index in [9.17, 15) is 14.7 Å². The molecule has 1 aromatic rings. The first-order valence-corrected chi connectivity index (χ1v) is 7.14. The number of ether oxygens (including phenoxy) is 3. The van der Waals surface area contributed by atoms with E-state index in [1.807, 2.05) is 0 Å². The summed E-state index contributed by atoms with van der Waals surface area (Å²) >= 11 is 0. The van der Waals surface area contributed by atoms with Crippen LogP contribution in [0.1, 0.15) is 0 Å². The zero-order chi connectivity index (χ0) is 16.6. The number of anilines is 1. The molecule has 0 aliphatic carbocycles. The van der Waals surface area contributed by atoms with E-state index in [0.717, 1.165) is 0 Å². The van der Waals surface area contributed by atoms with Crippen LogP contribution in [0, 0.1) is 11.8 Å². The fraction of sp³-hybridized carbons (Fsp3) is 0.375. The average Bonchev–Trinajstić information content (AvgIpc) is 3.15. The number of carboxylic acid groups (broad SMARTS) is 1. The van der Waals surface area contributed by atoms with Gasteiger partial charge in [-0.05, 0) is 12.1 Å². The van der Waals surface area contributed by atoms with Crippen LogP contribution in [0.25, 0.3) is 0 Å². The number of fused-ring (bicyclic) bond motifs is 2. The number of hydrogen-bond acceptors (Lipinski definition) is 5. The third-order valence-corrected chi connectivity index (χ3v) is 4.14. The first-order chi connectivity index (χ1) is 11.0. The molecule has 2 bridgehead atoms. The molecule has 0 saturated carbocycles. The number of amides is 1. The standard InChI is InChI=1S/C16H17NO6/c1-21-9-4-3-8(7-12(9)22-2)17-15(18)13-10-5-6-11(23-10)14(13)16(19)20/h3-7,10-11,13-14H,1-2H3,(H,17,18)(H,19,20)/t10-,11-,13+,14-/m1/s1. The second-order valence-electron chi connectivity index (χ2n) is 5.40. The molecular formula is C16H17NO6. The van der Waals surface area contributed by atoms with Crippen LogP contribution in [0.3, 0.4) is 0 Å². The number of carboxylic acids is 1. The SMILES string of the molecule is COc1ccc(NC(=O)[C@@H]2[C@H](C(=O)O)[C@H]3C=C[C@H]2O3)cc1OC. The Morgan fingerprint density at radius 3 is 2.35 bits per heavy atom. The monoisotopic (exact) mass is 319 g/mol. The largest absolute Gasteiger partial charge is 0.493 e. The van der Waals surface area contributed by atoms with Crippen molar-refractivity contribution < 1.29 is 28.9 Å². The lowest BCUT2D eigenvalue weighted by Crippen LogP contribution is -2.39. The van der Waals surface area contributed by atoms with Crippen molar-refractivity contribution in [3.63, 3.8) is 0 Å². The molecule has 1 saturated heterocycles. The quantitative estimate of drug-likeness (QED) is 0.795. The third-order valence-electron chi connectivity index (χ3n) is 4.14. The maximum absolute atomic E-state index is 12.5. The van der Waals surface area contributed by atoms with E-state index in [2.05, 4.69) is 5.32 Å². The van der Waals surface area contributed by atoms with Gasteiger partial charge in [-0.1, -0.05) is 12.2 Å². The van der Waals surface area contributed by atoms with Crippen LogP contribution in [-0.4, -0.2) is 43.4 Å². The van der Waals surface area contributed by atoms with Gasteiger partial charge >= 0.3 is 5.97 Å². The summed E-state index contributed by atoms with van der Waals surface area (Å²) in [7, 11) is 3.02. The molecule has 7 heteroatoms. The molecule has 0 radical (unpaired) electrons. The summed E-state index contributed by atoms with van der Waals surface area (Å²) in [5, 5.41) is 12.1. The van der Waals surface area contributed by atoms with Crippen molar-refractivity contribution in [3.8, 4) is 11.5 Å². The molecule has 1 amide bonds. The Balaban J connectivity index is 1.79. The van der Waals surface area contributed by atoms with Crippen LogP contribution >= 0.6 is 0 Å². The average molecular weight is 319 g/mol. The summed E-state index contributed by atoms with van der Waals surface area (Å²) < 4.78 is 15.8. The Morgan fingerprint density at radius 1 is 1.09 bits per heavy atom. The minimum atomic E-state index is -1.03. The molecule has 0 spiro atoms. The van der Waals surface area contributed by atoms with Gasteiger partial charge in [-0.2, -0.15) is 0 Å². The molecule has 1 aromatic carbocycles. The number of rotatable bonds is 5. The lowest BCUT2D eigenvalue weighted by molar-refractivity contribution is -0.145. The summed E-state index contributed by atoms with van der Waals surface area (Å²) in [6.45, 7) is 0. The Morgan fingerprint density at radius 2 is 1.74 bits per heavy atom. The van der Waals surface area contributed by atoms with Crippen molar-refractivity contribution in [1.82, 2.24) is 0 Å². The molecule has 2 heterocycles. The van der Waals surface area contributed by atoms with E-state index in [1.54, 1.807) is 30.4 Å². The first-order valence-electron chi connectivity index (χ1n) is 7.14. The van der Waals surface area contributed by atoms with Crippen LogP contribution < -0.4 is 14.8 Å². The summed E-state index contributed by atoms with van der Waals surface area (Å²) in [4.78, 5) is 23.9. The topological polar surface area (TPSA) is 94.1 Å². The van der Waals surface area contributed by atoms with Crippen molar-refractivity contribution in [2.75, 3.05) is 19.5 Å². The van der Waals surface area contributed by atoms with Crippen molar-refractivity contribution in [2.45, 2.75) is 12.2 Å². The lowest BCUT2D eigenvalue weighted by atomic mass is 9.82. The number of aliphatic carboxylic acids is 1. The van der Waals surface area contributed by atoms with Crippen LogP contribution in [0.2, 0.25) is 0 Å². The van der Waals surface area contributed by atoms with E-state index < -0.39 is 30.0 Å². The number of benzene rings is 1. The number of nitrogens with one attached hydrogen (secondary N) is 1. The highest BCUT2D eigenvalue weighted by Crippen LogP contribution is 2.40. The highest BCUT2D eigenvalue weighted by Gasteiger charge is 2.53. The molecule has 3 rings (SSSR count). The van der Waals surface area contributed by atoms with Crippen molar-refractivity contribution in [3.05, 3.63) is 30.4 Å². The maximum Gasteiger partial charge on any atom is 0.310 e. The van der Waals surface area contributed by atoms with Gasteiger partial charge in [0.2, 0.25) is 5.91 Å². The summed E-state index contributed by atoms with van der Waals surface area (Å²) in [6.07, 6.45) is 2.40. The Kier molecular flexibility index (Phi) is 3.96. The molecule has 2 N–H and O–H groups in total. The highest BCUT2D eigenvalue weighted by atomic mass is 16.5. The van der Waals surface area contributed by atoms with Gasteiger partial charge in [-0.3, -0.25) is 9.59 Å². The van der Waals surface area contributed by atoms with Crippen LogP contribution in [0.5, 0.6) is 11.5 Å². The van der Waals surface area contributed by atoms with Gasteiger partial charge in [-0.25, -0.2) is 0 Å². The van der Waals surface area contributed by atoms with Gasteiger partial charge in [0.1, 0.15) is 5.92 Å². The number of hydrogen-bond donors (Lipinski definition) is 2. The molecule has 122 valence electrons. The smallest absolute Gasteiger partial charge is 0.310 e. The third kappa shape index (κ3) is 2.63. The molecule has 1 fully saturated rings. The summed E-state index contributed by atoms with van der Waals surface area (Å²) in [5.74, 6) is -2.03. The maximum atomic E-state index is 12.5. The van der Waals surface area contributed by atoms with Crippen molar-refractivity contribution in [2.24, 2.45) is 11.8 Å². The van der Waals surface area contributed by atoms with Gasteiger partial charge in [0.25, 0.3) is 0 Å². The molecule has 4 atom stereocenters. The van der Waals surface area contributed by atoms with E-state index >= 15 is 0 Å². The van der Waals surface area contributed by atoms with Gasteiger partial charge in [0.15, 0.2) is 11.5 Å². The molecule has 2 aliphatic heterocycles. The predicted octanol–water partition coefficient (Wildman–Crippen LogP) is 1.30. The fourth-order valence-corrected chi connectivity index (χ4v) is 3.05. The number of carbonyl (C=O) groups is 2. The Bertz CT molecular complexity index is 671. The molecule has 2 aliphatic rings.